The Hall–Kier alpha value is -3.75. The summed E-state index contributed by atoms with van der Waals surface area (Å²) in [5.74, 6) is -0.339. The summed E-state index contributed by atoms with van der Waals surface area (Å²) in [6.07, 6.45) is 2.79. The molecular formula is C24H17ClN2O5S. The van der Waals surface area contributed by atoms with Gasteiger partial charge in [0.1, 0.15) is 0 Å². The van der Waals surface area contributed by atoms with E-state index >= 15 is 0 Å². The van der Waals surface area contributed by atoms with E-state index in [1.165, 1.54) is 49.4 Å². The minimum absolute atomic E-state index is 0.0456. The Balaban J connectivity index is 2.05. The molecule has 4 aromatic rings. The van der Waals surface area contributed by atoms with Gasteiger partial charge in [-0.15, -0.1) is 0 Å². The third-order valence-electron chi connectivity index (χ3n) is 5.11. The fourth-order valence-corrected chi connectivity index (χ4v) is 5.42. The zero-order valence-electron chi connectivity index (χ0n) is 17.3. The molecule has 0 fully saturated rings. The largest absolute Gasteiger partial charge is 0.294 e. The molecule has 0 radical (unpaired) electrons. The molecule has 0 aliphatic carbocycles. The van der Waals surface area contributed by atoms with Gasteiger partial charge < -0.3 is 0 Å². The second-order valence-corrected chi connectivity index (χ2v) is 9.43. The maximum absolute atomic E-state index is 13.6. The summed E-state index contributed by atoms with van der Waals surface area (Å²) in [5, 5.41) is 12.2. The third kappa shape index (κ3) is 4.06. The summed E-state index contributed by atoms with van der Waals surface area (Å²) < 4.78 is 28.4. The highest BCUT2D eigenvalue weighted by Gasteiger charge is 2.27. The number of carbonyl (C=O) groups is 1. The Morgan fingerprint density at radius 2 is 1.67 bits per heavy atom. The van der Waals surface area contributed by atoms with Gasteiger partial charge in [0.15, 0.2) is 5.78 Å². The summed E-state index contributed by atoms with van der Waals surface area (Å²) in [5.41, 5.74) is 0.601. The Morgan fingerprint density at radius 3 is 2.33 bits per heavy atom. The summed E-state index contributed by atoms with van der Waals surface area (Å²) in [4.78, 5) is 23.6. The van der Waals surface area contributed by atoms with Crippen LogP contribution in [0.15, 0.2) is 77.7 Å². The van der Waals surface area contributed by atoms with Crippen molar-refractivity contribution in [3.05, 3.63) is 105 Å². The van der Waals surface area contributed by atoms with Gasteiger partial charge in [0.25, 0.3) is 15.7 Å². The summed E-state index contributed by atoms with van der Waals surface area (Å²) in [6.45, 7) is 1.35. The molecule has 166 valence electrons. The van der Waals surface area contributed by atoms with Crippen LogP contribution in [0.3, 0.4) is 0 Å². The molecule has 0 amide bonds. The van der Waals surface area contributed by atoms with Crippen LogP contribution in [-0.2, 0) is 10.0 Å². The van der Waals surface area contributed by atoms with Crippen LogP contribution in [-0.4, -0.2) is 23.1 Å². The number of nitro groups is 1. The lowest BCUT2D eigenvalue weighted by Gasteiger charge is -2.11. The first-order valence-electron chi connectivity index (χ1n) is 9.79. The number of Topliss-reactive ketones (excluding diaryl/α,β-unsaturated/α-hetero) is 1. The van der Waals surface area contributed by atoms with Gasteiger partial charge >= 0.3 is 0 Å². The molecule has 1 heterocycles. The van der Waals surface area contributed by atoms with Crippen molar-refractivity contribution in [1.82, 2.24) is 3.97 Å². The summed E-state index contributed by atoms with van der Waals surface area (Å²) >= 11 is 6.02. The van der Waals surface area contributed by atoms with Crippen molar-refractivity contribution < 1.29 is 18.1 Å². The molecule has 4 rings (SSSR count). The predicted octanol–water partition coefficient (Wildman–Crippen LogP) is 5.81. The number of ketones is 1. The van der Waals surface area contributed by atoms with Crippen LogP contribution in [0.5, 0.6) is 0 Å². The standard InChI is InChI=1S/C24H17ClN2O5S/c1-16(28)24-20-9-5-6-10-22(20)26(33(31,32)19-7-3-2-4-8-19)23(24)13-11-17-15-18(25)12-14-21(17)27(29)30/h2-15H,1H3/b13-11+. The van der Waals surface area contributed by atoms with E-state index in [9.17, 15) is 23.3 Å². The highest BCUT2D eigenvalue weighted by molar-refractivity contribution is 7.90. The van der Waals surface area contributed by atoms with E-state index in [0.717, 1.165) is 3.97 Å². The van der Waals surface area contributed by atoms with Crippen molar-refractivity contribution in [3.8, 4) is 0 Å². The normalized spacial score (nSPS) is 11.8. The number of fused-ring (bicyclic) bond motifs is 1. The van der Waals surface area contributed by atoms with E-state index in [2.05, 4.69) is 0 Å². The molecule has 3 aromatic carbocycles. The average Bonchev–Trinajstić information content (AvgIpc) is 3.13. The zero-order valence-corrected chi connectivity index (χ0v) is 18.9. The monoisotopic (exact) mass is 480 g/mol. The second-order valence-electron chi connectivity index (χ2n) is 7.21. The number of hydrogen-bond donors (Lipinski definition) is 0. The number of nitrogens with zero attached hydrogens (tertiary/aromatic N) is 2. The fourth-order valence-electron chi connectivity index (χ4n) is 3.70. The molecule has 9 heteroatoms. The Labute approximate surface area is 194 Å². The average molecular weight is 481 g/mol. The Morgan fingerprint density at radius 1 is 1.00 bits per heavy atom. The fraction of sp³-hybridized carbons (Fsp3) is 0.0417. The lowest BCUT2D eigenvalue weighted by atomic mass is 10.1. The Kier molecular flexibility index (Phi) is 5.88. The molecule has 0 spiro atoms. The maximum Gasteiger partial charge on any atom is 0.276 e. The molecule has 7 nitrogen and oxygen atoms in total. The number of halogens is 1. The molecule has 0 atom stereocenters. The van der Waals surface area contributed by atoms with Crippen LogP contribution in [0.2, 0.25) is 5.02 Å². The van der Waals surface area contributed by atoms with Crippen LogP contribution < -0.4 is 0 Å². The number of aromatic nitrogens is 1. The third-order valence-corrected chi connectivity index (χ3v) is 7.08. The van der Waals surface area contributed by atoms with Crippen LogP contribution in [0.1, 0.15) is 28.5 Å². The molecule has 33 heavy (non-hydrogen) atoms. The summed E-state index contributed by atoms with van der Waals surface area (Å²) in [7, 11) is -4.09. The van der Waals surface area contributed by atoms with Crippen LogP contribution in [0.4, 0.5) is 5.69 Å². The van der Waals surface area contributed by atoms with Gasteiger partial charge in [-0.05, 0) is 49.4 Å². The topological polar surface area (TPSA) is 99.3 Å². The van der Waals surface area contributed by atoms with E-state index in [1.807, 2.05) is 0 Å². The summed E-state index contributed by atoms with van der Waals surface area (Å²) in [6, 6.07) is 18.6. The van der Waals surface area contributed by atoms with E-state index < -0.39 is 14.9 Å². The van der Waals surface area contributed by atoms with Crippen LogP contribution >= 0.6 is 11.6 Å². The molecule has 0 bridgehead atoms. The number of hydrogen-bond acceptors (Lipinski definition) is 5. The minimum Gasteiger partial charge on any atom is -0.294 e. The number of carbonyl (C=O) groups excluding carboxylic acids is 1. The first-order chi connectivity index (χ1) is 15.7. The van der Waals surface area contributed by atoms with E-state index in [-0.39, 0.29) is 38.2 Å². The molecule has 0 saturated carbocycles. The van der Waals surface area contributed by atoms with E-state index in [4.69, 9.17) is 11.6 Å². The van der Waals surface area contributed by atoms with Gasteiger partial charge in [-0.3, -0.25) is 14.9 Å². The molecule has 0 aliphatic heterocycles. The maximum atomic E-state index is 13.6. The first-order valence-corrected chi connectivity index (χ1v) is 11.6. The van der Waals surface area contributed by atoms with Crippen molar-refractivity contribution in [2.24, 2.45) is 0 Å². The van der Waals surface area contributed by atoms with Gasteiger partial charge in [0.05, 0.1) is 32.2 Å². The molecule has 0 unspecified atom stereocenters. The lowest BCUT2D eigenvalue weighted by molar-refractivity contribution is -0.385. The van der Waals surface area contributed by atoms with Crippen LogP contribution in [0.25, 0.3) is 23.1 Å². The highest BCUT2D eigenvalue weighted by Crippen LogP contribution is 2.33. The van der Waals surface area contributed by atoms with Gasteiger partial charge in [-0.2, -0.15) is 0 Å². The van der Waals surface area contributed by atoms with Crippen molar-refractivity contribution in [2.45, 2.75) is 11.8 Å². The van der Waals surface area contributed by atoms with Crippen molar-refractivity contribution in [1.29, 1.82) is 0 Å². The number of rotatable bonds is 6. The predicted molar refractivity (Wildman–Crippen MR) is 128 cm³/mol. The van der Waals surface area contributed by atoms with Crippen molar-refractivity contribution >= 4 is 56.1 Å². The smallest absolute Gasteiger partial charge is 0.276 e. The molecule has 0 saturated heterocycles. The number of benzene rings is 3. The van der Waals surface area contributed by atoms with E-state index in [0.29, 0.717) is 10.9 Å². The minimum atomic E-state index is -4.09. The van der Waals surface area contributed by atoms with Crippen molar-refractivity contribution in [3.63, 3.8) is 0 Å². The molecule has 1 aromatic heterocycles. The molecular weight excluding hydrogens is 464 g/mol. The first kappa shape index (κ1) is 22.4. The second kappa shape index (κ2) is 8.65. The lowest BCUT2D eigenvalue weighted by Crippen LogP contribution is -2.15. The Bertz CT molecular complexity index is 1540. The quantitative estimate of drug-likeness (QED) is 0.197. The zero-order chi connectivity index (χ0) is 23.8. The highest BCUT2D eigenvalue weighted by atomic mass is 35.5. The van der Waals surface area contributed by atoms with Gasteiger partial charge in [0, 0.05) is 16.5 Å². The number of para-hydroxylation sites is 1. The van der Waals surface area contributed by atoms with Gasteiger partial charge in [0.2, 0.25) is 0 Å². The van der Waals surface area contributed by atoms with Crippen LogP contribution in [0, 0.1) is 10.1 Å². The van der Waals surface area contributed by atoms with Gasteiger partial charge in [-0.25, -0.2) is 12.4 Å². The number of nitro benzene ring substituents is 1. The SMILES string of the molecule is CC(=O)c1c(/C=C/c2cc(Cl)ccc2[N+](=O)[O-])n(S(=O)(=O)c2ccccc2)c2ccccc12. The van der Waals surface area contributed by atoms with E-state index in [1.54, 1.807) is 42.5 Å². The van der Waals surface area contributed by atoms with Gasteiger partial charge in [-0.1, -0.05) is 48.0 Å². The molecule has 0 N–H and O–H groups in total. The molecule has 0 aliphatic rings. The van der Waals surface area contributed by atoms with Crippen molar-refractivity contribution in [2.75, 3.05) is 0 Å².